The van der Waals surface area contributed by atoms with Crippen molar-refractivity contribution in [1.82, 2.24) is 0 Å². The fourth-order valence-electron chi connectivity index (χ4n) is 2.73. The normalized spacial score (nSPS) is 10.3. The molecule has 0 unspecified atom stereocenters. The molecule has 0 bridgehead atoms. The lowest BCUT2D eigenvalue weighted by atomic mass is 10.0. The third-order valence-corrected chi connectivity index (χ3v) is 4.40. The second kappa shape index (κ2) is 9.37. The van der Waals surface area contributed by atoms with Crippen molar-refractivity contribution in [3.63, 3.8) is 0 Å². The van der Waals surface area contributed by atoms with Crippen molar-refractivity contribution in [2.24, 2.45) is 5.73 Å². The number of anilines is 1. The van der Waals surface area contributed by atoms with Crippen LogP contribution in [-0.2, 0) is 4.79 Å². The van der Waals surface area contributed by atoms with E-state index in [1.165, 1.54) is 24.3 Å². The van der Waals surface area contributed by atoms with Crippen molar-refractivity contribution in [3.05, 3.63) is 63.7 Å². The van der Waals surface area contributed by atoms with E-state index in [1.807, 2.05) is 31.9 Å². The number of carbonyl (C=O) groups is 1. The van der Waals surface area contributed by atoms with Crippen LogP contribution in [0.2, 0.25) is 5.02 Å². The highest BCUT2D eigenvalue weighted by Crippen LogP contribution is 2.34. The summed E-state index contributed by atoms with van der Waals surface area (Å²) in [6.07, 6.45) is 0.212. The topological polar surface area (TPSA) is 76.5 Å². The highest BCUT2D eigenvalue weighted by molar-refractivity contribution is 6.33. The summed E-state index contributed by atoms with van der Waals surface area (Å²) in [5, 5.41) is 0.879. The molecule has 0 aliphatic carbocycles. The molecule has 3 aromatic rings. The second-order valence-electron chi connectivity index (χ2n) is 5.92. The zero-order valence-corrected chi connectivity index (χ0v) is 16.7. The van der Waals surface area contributed by atoms with Gasteiger partial charge in [0, 0.05) is 54.3 Å². The van der Waals surface area contributed by atoms with Crippen molar-refractivity contribution in [1.29, 1.82) is 0 Å². The van der Waals surface area contributed by atoms with E-state index in [9.17, 15) is 14.0 Å². The van der Waals surface area contributed by atoms with Crippen LogP contribution in [0.1, 0.15) is 20.3 Å². The monoisotopic (exact) mass is 404 g/mol. The van der Waals surface area contributed by atoms with Gasteiger partial charge in [-0.05, 0) is 30.3 Å². The Morgan fingerprint density at radius 1 is 1.14 bits per heavy atom. The minimum absolute atomic E-state index is 0.208. The zero-order valence-electron chi connectivity index (χ0n) is 16.0. The molecule has 0 radical (unpaired) electrons. The zero-order chi connectivity index (χ0) is 20.8. The Labute approximate surface area is 167 Å². The van der Waals surface area contributed by atoms with E-state index in [1.54, 1.807) is 12.1 Å². The molecule has 28 heavy (non-hydrogen) atoms. The van der Waals surface area contributed by atoms with Gasteiger partial charge in [0.1, 0.15) is 11.4 Å². The Hall–Kier alpha value is -2.86. The summed E-state index contributed by atoms with van der Waals surface area (Å²) in [4.78, 5) is 24.8. The molecule has 3 rings (SSSR count). The summed E-state index contributed by atoms with van der Waals surface area (Å²) in [6, 6.07) is 10.7. The molecular formula is C21H22ClFN2O3. The van der Waals surface area contributed by atoms with E-state index >= 15 is 0 Å². The van der Waals surface area contributed by atoms with Gasteiger partial charge in [-0.1, -0.05) is 25.4 Å². The number of rotatable bonds is 5. The first-order valence-electron chi connectivity index (χ1n) is 8.88. The summed E-state index contributed by atoms with van der Waals surface area (Å²) >= 11 is 6.14. The highest BCUT2D eigenvalue weighted by Gasteiger charge is 2.13. The van der Waals surface area contributed by atoms with Crippen LogP contribution in [0.25, 0.3) is 22.1 Å². The van der Waals surface area contributed by atoms with Gasteiger partial charge in [-0.25, -0.2) is 9.18 Å². The van der Waals surface area contributed by atoms with Crippen molar-refractivity contribution in [2.45, 2.75) is 20.3 Å². The summed E-state index contributed by atoms with van der Waals surface area (Å²) in [7, 11) is 1.81. The minimum atomic E-state index is -0.537. The van der Waals surface area contributed by atoms with Gasteiger partial charge in [0.05, 0.1) is 5.02 Å². The predicted octanol–water partition coefficient (Wildman–Crippen LogP) is 4.59. The number of amides is 1. The van der Waals surface area contributed by atoms with Crippen LogP contribution in [0.4, 0.5) is 10.1 Å². The van der Waals surface area contributed by atoms with Crippen LogP contribution in [0, 0.1) is 5.82 Å². The average molecular weight is 405 g/mol. The van der Waals surface area contributed by atoms with E-state index in [4.69, 9.17) is 21.8 Å². The van der Waals surface area contributed by atoms with E-state index in [0.29, 0.717) is 28.6 Å². The second-order valence-corrected chi connectivity index (χ2v) is 6.33. The molecule has 1 heterocycles. The number of hydrogen-bond acceptors (Lipinski definition) is 4. The number of primary amides is 1. The number of benzene rings is 2. The fourth-order valence-corrected chi connectivity index (χ4v) is 3.00. The molecule has 1 aromatic heterocycles. The lowest BCUT2D eigenvalue weighted by molar-refractivity contribution is -0.117. The molecule has 2 N–H and O–H groups in total. The number of hydrogen-bond donors (Lipinski definition) is 1. The first-order chi connectivity index (χ1) is 13.3. The molecule has 0 aliphatic rings. The lowest BCUT2D eigenvalue weighted by Gasteiger charge is -2.19. The molecule has 2 aromatic carbocycles. The lowest BCUT2D eigenvalue weighted by Crippen LogP contribution is -2.24. The molecule has 0 atom stereocenters. The SMILES string of the molecule is CC.CN(CCC(N)=O)c1ccc2c(-c3ccc(F)cc3Cl)cc(=O)oc2c1. The predicted molar refractivity (Wildman–Crippen MR) is 111 cm³/mol. The molecule has 148 valence electrons. The van der Waals surface area contributed by atoms with Gasteiger partial charge in [0.15, 0.2) is 0 Å². The minimum Gasteiger partial charge on any atom is -0.423 e. The van der Waals surface area contributed by atoms with Gasteiger partial charge >= 0.3 is 5.63 Å². The van der Waals surface area contributed by atoms with Crippen LogP contribution >= 0.6 is 11.6 Å². The van der Waals surface area contributed by atoms with Crippen LogP contribution in [0.3, 0.4) is 0 Å². The quantitative estimate of drug-likeness (QED) is 0.631. The third kappa shape index (κ3) is 4.89. The van der Waals surface area contributed by atoms with Crippen LogP contribution in [0.15, 0.2) is 51.7 Å². The van der Waals surface area contributed by atoms with Gasteiger partial charge in [-0.3, -0.25) is 4.79 Å². The maximum atomic E-state index is 13.3. The molecule has 0 saturated heterocycles. The number of nitrogens with two attached hydrogens (primary N) is 1. The number of nitrogens with zero attached hydrogens (tertiary/aromatic N) is 1. The Kier molecular flexibility index (Phi) is 7.18. The molecule has 0 spiro atoms. The van der Waals surface area contributed by atoms with Gasteiger partial charge in [-0.2, -0.15) is 0 Å². The van der Waals surface area contributed by atoms with Gasteiger partial charge in [0.25, 0.3) is 0 Å². The molecular weight excluding hydrogens is 383 g/mol. The fraction of sp³-hybridized carbons (Fsp3) is 0.238. The molecule has 0 saturated carbocycles. The third-order valence-electron chi connectivity index (χ3n) is 4.08. The van der Waals surface area contributed by atoms with E-state index in [2.05, 4.69) is 0 Å². The van der Waals surface area contributed by atoms with Crippen LogP contribution in [0.5, 0.6) is 0 Å². The van der Waals surface area contributed by atoms with Crippen molar-refractivity contribution >= 4 is 34.2 Å². The standard InChI is InChI=1S/C19H16ClFN2O3.C2H6/c1-23(7-6-18(22)24)12-3-5-14-15(10-19(25)26-17(14)9-12)13-4-2-11(21)8-16(13)20;1-2/h2-5,8-10H,6-7H2,1H3,(H2,22,24);1-2H3. The molecule has 5 nitrogen and oxygen atoms in total. The van der Waals surface area contributed by atoms with Crippen LogP contribution in [-0.4, -0.2) is 19.5 Å². The summed E-state index contributed by atoms with van der Waals surface area (Å²) in [5.74, 6) is -0.846. The summed E-state index contributed by atoms with van der Waals surface area (Å²) in [6.45, 7) is 4.44. The van der Waals surface area contributed by atoms with E-state index < -0.39 is 17.3 Å². The Balaban J connectivity index is 0.00000136. The van der Waals surface area contributed by atoms with Crippen molar-refractivity contribution in [2.75, 3.05) is 18.5 Å². The smallest absolute Gasteiger partial charge is 0.336 e. The Morgan fingerprint density at radius 2 is 1.86 bits per heavy atom. The van der Waals surface area contributed by atoms with Gasteiger partial charge < -0.3 is 15.1 Å². The van der Waals surface area contributed by atoms with Crippen molar-refractivity contribution in [3.8, 4) is 11.1 Å². The van der Waals surface area contributed by atoms with Crippen molar-refractivity contribution < 1.29 is 13.6 Å². The number of carbonyl (C=O) groups excluding carboxylic acids is 1. The van der Waals surface area contributed by atoms with Crippen LogP contribution < -0.4 is 16.3 Å². The first-order valence-corrected chi connectivity index (χ1v) is 9.26. The number of fused-ring (bicyclic) bond motifs is 1. The first kappa shape index (κ1) is 21.4. The maximum Gasteiger partial charge on any atom is 0.336 e. The highest BCUT2D eigenvalue weighted by atomic mass is 35.5. The molecule has 0 fully saturated rings. The number of halogens is 2. The molecule has 0 aliphatic heterocycles. The Morgan fingerprint density at radius 3 is 2.50 bits per heavy atom. The molecule has 7 heteroatoms. The summed E-state index contributed by atoms with van der Waals surface area (Å²) < 4.78 is 18.6. The van der Waals surface area contributed by atoms with E-state index in [-0.39, 0.29) is 11.4 Å². The Bertz CT molecular complexity index is 1050. The van der Waals surface area contributed by atoms with E-state index in [0.717, 1.165) is 5.69 Å². The molecule has 1 amide bonds. The van der Waals surface area contributed by atoms with Gasteiger partial charge in [0.2, 0.25) is 5.91 Å². The largest absolute Gasteiger partial charge is 0.423 e. The summed E-state index contributed by atoms with van der Waals surface area (Å²) in [5.41, 5.74) is 6.88. The average Bonchev–Trinajstić information content (AvgIpc) is 2.66. The maximum absolute atomic E-state index is 13.3. The van der Waals surface area contributed by atoms with Gasteiger partial charge in [-0.15, -0.1) is 0 Å².